The first kappa shape index (κ1) is 26.0. The van der Waals surface area contributed by atoms with Crippen molar-refractivity contribution in [2.24, 2.45) is 0 Å². The first-order valence-electron chi connectivity index (χ1n) is 11.7. The quantitative estimate of drug-likeness (QED) is 0.358. The van der Waals surface area contributed by atoms with E-state index in [2.05, 4.69) is 20.7 Å². The van der Waals surface area contributed by atoms with E-state index in [-0.39, 0.29) is 40.8 Å². The molecule has 0 saturated heterocycles. The van der Waals surface area contributed by atoms with Gasteiger partial charge in [0.2, 0.25) is 5.91 Å². The Labute approximate surface area is 221 Å². The number of carbonyl (C=O) groups is 2. The number of anilines is 1. The maximum Gasteiger partial charge on any atom is 0.272 e. The lowest BCUT2D eigenvalue weighted by Gasteiger charge is -2.19. The highest BCUT2D eigenvalue weighted by atomic mass is 32.2. The van der Waals surface area contributed by atoms with E-state index >= 15 is 0 Å². The molecule has 0 unspecified atom stereocenters. The molecule has 0 fully saturated rings. The fourth-order valence-electron chi connectivity index (χ4n) is 4.00. The lowest BCUT2D eigenvalue weighted by atomic mass is 10.1. The fourth-order valence-corrected chi connectivity index (χ4v) is 4.79. The van der Waals surface area contributed by atoms with Gasteiger partial charge in [-0.1, -0.05) is 0 Å². The van der Waals surface area contributed by atoms with Crippen LogP contribution in [0, 0.1) is 11.6 Å². The van der Waals surface area contributed by atoms with Crippen LogP contribution in [0.15, 0.2) is 65.8 Å². The molecule has 0 spiro atoms. The highest BCUT2D eigenvalue weighted by molar-refractivity contribution is 7.90. The van der Waals surface area contributed by atoms with E-state index in [0.29, 0.717) is 23.7 Å². The first-order chi connectivity index (χ1) is 18.6. The maximum atomic E-state index is 14.6. The van der Waals surface area contributed by atoms with Gasteiger partial charge in [-0.3, -0.25) is 9.59 Å². The van der Waals surface area contributed by atoms with Crippen LogP contribution in [0.1, 0.15) is 28.0 Å². The van der Waals surface area contributed by atoms with Crippen molar-refractivity contribution in [3.63, 3.8) is 0 Å². The minimum atomic E-state index is -3.80. The molecule has 0 radical (unpaired) electrons. The van der Waals surface area contributed by atoms with Crippen molar-refractivity contribution in [1.82, 2.24) is 20.1 Å². The molecule has 2 amide bonds. The van der Waals surface area contributed by atoms with Crippen molar-refractivity contribution in [2.45, 2.75) is 24.4 Å². The zero-order valence-electron chi connectivity index (χ0n) is 20.4. The van der Waals surface area contributed by atoms with Gasteiger partial charge >= 0.3 is 0 Å². The van der Waals surface area contributed by atoms with E-state index < -0.39 is 27.4 Å². The molecule has 0 saturated carbocycles. The topological polar surface area (TPSA) is 132 Å². The Morgan fingerprint density at radius 1 is 1.10 bits per heavy atom. The third-order valence-electron chi connectivity index (χ3n) is 5.92. The third-order valence-corrected chi connectivity index (χ3v) is 6.97. The van der Waals surface area contributed by atoms with Crippen LogP contribution in [0.5, 0.6) is 11.5 Å². The zero-order chi connectivity index (χ0) is 27.7. The molecule has 1 aliphatic rings. The monoisotopic (exact) mass is 553 g/mol. The molecule has 2 aromatic heterocycles. The largest absolute Gasteiger partial charge is 0.457 e. The highest BCUT2D eigenvalue weighted by Crippen LogP contribution is 2.33. The normalized spacial score (nSPS) is 12.9. The second-order valence-corrected chi connectivity index (χ2v) is 10.7. The number of pyridine rings is 1. The van der Waals surface area contributed by atoms with Gasteiger partial charge in [0, 0.05) is 42.6 Å². The van der Waals surface area contributed by atoms with Gasteiger partial charge in [-0.2, -0.15) is 5.10 Å². The second-order valence-electron chi connectivity index (χ2n) is 8.75. The van der Waals surface area contributed by atoms with E-state index in [9.17, 15) is 26.8 Å². The Balaban J connectivity index is 1.34. The van der Waals surface area contributed by atoms with Crippen LogP contribution in [0.4, 0.5) is 14.6 Å². The van der Waals surface area contributed by atoms with Gasteiger partial charge in [0.15, 0.2) is 20.6 Å². The minimum absolute atomic E-state index is 0.110. The summed E-state index contributed by atoms with van der Waals surface area (Å²) in [6.45, 7) is -0.246. The highest BCUT2D eigenvalue weighted by Gasteiger charge is 2.23. The standard InChI is InChI=1S/C26H21F2N5O5S/c1-39(36,37)24-13-21(32-33(24)17-4-2-16(27)3-5-17)26(35)30-14-15-12-18(6-8-20(15)28)38-22-10-11-29-25-19(22)7-9-23(34)31-25/h2-6,8,10-13H,7,9,14H2,1H3,(H,30,35)(H,29,31,34). The molecule has 0 bridgehead atoms. The van der Waals surface area contributed by atoms with Crippen LogP contribution in [-0.2, 0) is 27.6 Å². The maximum absolute atomic E-state index is 14.6. The van der Waals surface area contributed by atoms with Crippen molar-refractivity contribution in [2.75, 3.05) is 11.6 Å². The summed E-state index contributed by atoms with van der Waals surface area (Å²) in [5.74, 6) is -0.837. The van der Waals surface area contributed by atoms with Crippen LogP contribution in [0.3, 0.4) is 0 Å². The Hall–Kier alpha value is -4.65. The van der Waals surface area contributed by atoms with E-state index in [0.717, 1.165) is 34.7 Å². The zero-order valence-corrected chi connectivity index (χ0v) is 21.3. The number of rotatable bonds is 7. The van der Waals surface area contributed by atoms with Crippen molar-refractivity contribution in [1.29, 1.82) is 0 Å². The van der Waals surface area contributed by atoms with Crippen molar-refractivity contribution < 1.29 is 31.5 Å². The summed E-state index contributed by atoms with van der Waals surface area (Å²) in [6, 6.07) is 11.7. The number of aromatic nitrogens is 3. The molecule has 0 aliphatic carbocycles. The summed E-state index contributed by atoms with van der Waals surface area (Å²) < 4.78 is 59.4. The summed E-state index contributed by atoms with van der Waals surface area (Å²) >= 11 is 0. The van der Waals surface area contributed by atoms with Crippen molar-refractivity contribution in [3.05, 3.63) is 89.2 Å². The Kier molecular flexibility index (Phi) is 6.83. The van der Waals surface area contributed by atoms with E-state index in [4.69, 9.17) is 4.74 Å². The Morgan fingerprint density at radius 3 is 2.62 bits per heavy atom. The molecule has 2 aromatic carbocycles. The number of fused-ring (bicyclic) bond motifs is 1. The molecule has 10 nitrogen and oxygen atoms in total. The van der Waals surface area contributed by atoms with Gasteiger partial charge in [0.05, 0.1) is 5.69 Å². The molecule has 2 N–H and O–H groups in total. The van der Waals surface area contributed by atoms with E-state index in [1.54, 1.807) is 6.07 Å². The van der Waals surface area contributed by atoms with Crippen LogP contribution in [0.2, 0.25) is 0 Å². The van der Waals surface area contributed by atoms with E-state index in [1.165, 1.54) is 36.5 Å². The van der Waals surface area contributed by atoms with Crippen LogP contribution in [0.25, 0.3) is 5.69 Å². The lowest BCUT2D eigenvalue weighted by molar-refractivity contribution is -0.116. The summed E-state index contributed by atoms with van der Waals surface area (Å²) in [7, 11) is -3.80. The predicted molar refractivity (Wildman–Crippen MR) is 135 cm³/mol. The van der Waals surface area contributed by atoms with Gasteiger partial charge in [0.25, 0.3) is 5.91 Å². The van der Waals surface area contributed by atoms with E-state index in [1.807, 2.05) is 0 Å². The molecular weight excluding hydrogens is 532 g/mol. The number of benzene rings is 2. The molecular formula is C26H21F2N5O5S. The number of ether oxygens (including phenoxy) is 1. The number of amides is 2. The van der Waals surface area contributed by atoms with Gasteiger partial charge in [-0.15, -0.1) is 0 Å². The average molecular weight is 554 g/mol. The predicted octanol–water partition coefficient (Wildman–Crippen LogP) is 3.56. The van der Waals surface area contributed by atoms with Crippen LogP contribution < -0.4 is 15.4 Å². The van der Waals surface area contributed by atoms with Gasteiger partial charge in [-0.05, 0) is 55.0 Å². The van der Waals surface area contributed by atoms with Crippen LogP contribution in [-0.4, -0.2) is 41.3 Å². The summed E-state index contributed by atoms with van der Waals surface area (Å²) in [4.78, 5) is 28.6. The minimum Gasteiger partial charge on any atom is -0.457 e. The van der Waals surface area contributed by atoms with Gasteiger partial charge in [0.1, 0.15) is 29.0 Å². The van der Waals surface area contributed by atoms with Gasteiger partial charge < -0.3 is 15.4 Å². The van der Waals surface area contributed by atoms with Gasteiger partial charge in [-0.25, -0.2) is 26.9 Å². The third kappa shape index (κ3) is 5.62. The molecule has 13 heteroatoms. The van der Waals surface area contributed by atoms with Crippen molar-refractivity contribution >= 4 is 27.5 Å². The smallest absolute Gasteiger partial charge is 0.272 e. The lowest BCUT2D eigenvalue weighted by Crippen LogP contribution is -2.24. The number of hydrogen-bond acceptors (Lipinski definition) is 7. The molecule has 5 rings (SSSR count). The molecule has 4 aromatic rings. The molecule has 1 aliphatic heterocycles. The number of nitrogens with zero attached hydrogens (tertiary/aromatic N) is 3. The second kappa shape index (κ2) is 10.3. The number of carbonyl (C=O) groups excluding carboxylic acids is 2. The SMILES string of the molecule is CS(=O)(=O)c1cc(C(=O)NCc2cc(Oc3ccnc4c3CCC(=O)N4)ccc2F)nn1-c1ccc(F)cc1. The molecule has 200 valence electrons. The summed E-state index contributed by atoms with van der Waals surface area (Å²) in [5, 5.41) is 9.03. The average Bonchev–Trinajstić information content (AvgIpc) is 3.36. The van der Waals surface area contributed by atoms with Crippen molar-refractivity contribution in [3.8, 4) is 17.2 Å². The fraction of sp³-hybridized carbons (Fsp3) is 0.154. The first-order valence-corrected chi connectivity index (χ1v) is 13.6. The molecule has 3 heterocycles. The van der Waals surface area contributed by atoms with Crippen LogP contribution >= 0.6 is 0 Å². The molecule has 0 atom stereocenters. The number of halogens is 2. The summed E-state index contributed by atoms with van der Waals surface area (Å²) in [6.07, 6.45) is 3.17. The summed E-state index contributed by atoms with van der Waals surface area (Å²) in [5.41, 5.74) is 0.843. The molecule has 39 heavy (non-hydrogen) atoms. The Morgan fingerprint density at radius 2 is 1.87 bits per heavy atom. The number of nitrogens with one attached hydrogen (secondary N) is 2. The number of hydrogen-bond donors (Lipinski definition) is 2. The number of sulfone groups is 1. The Bertz CT molecular complexity index is 1700.